The first-order valence-electron chi connectivity index (χ1n) is 15.2. The van der Waals surface area contributed by atoms with E-state index in [9.17, 15) is 19.6 Å². The van der Waals surface area contributed by atoms with Crippen molar-refractivity contribution in [1.29, 1.82) is 5.26 Å². The molecule has 3 saturated carbocycles. The fraction of sp³-hybridized carbons (Fsp3) is 0.765. The number of hydrogen-bond acceptors (Lipinski definition) is 5. The molecular formula is C34H48N2O4. The van der Waals surface area contributed by atoms with Gasteiger partial charge in [0.25, 0.3) is 0 Å². The Bertz CT molecular complexity index is 1240. The molecule has 0 spiro atoms. The highest BCUT2D eigenvalue weighted by molar-refractivity contribution is 5.98. The van der Waals surface area contributed by atoms with Gasteiger partial charge in [-0.2, -0.15) is 5.26 Å². The van der Waals surface area contributed by atoms with Crippen molar-refractivity contribution in [2.45, 2.75) is 87.0 Å². The number of ketones is 2. The summed E-state index contributed by atoms with van der Waals surface area (Å²) in [5.74, 6) is -0.767. The molecule has 0 aliphatic heterocycles. The molecular weight excluding hydrogens is 500 g/mol. The monoisotopic (exact) mass is 548 g/mol. The summed E-state index contributed by atoms with van der Waals surface area (Å²) in [4.78, 5) is 41.0. The van der Waals surface area contributed by atoms with Crippen LogP contribution in [0.2, 0.25) is 0 Å². The maximum atomic E-state index is 14.5. The van der Waals surface area contributed by atoms with E-state index in [2.05, 4.69) is 59.0 Å². The number of rotatable bonds is 4. The zero-order valence-corrected chi connectivity index (χ0v) is 25.8. The molecule has 1 amide bonds. The first kappa shape index (κ1) is 29.2. The molecule has 0 aromatic rings. The predicted molar refractivity (Wildman–Crippen MR) is 154 cm³/mol. The average molecular weight is 549 g/mol. The van der Waals surface area contributed by atoms with Crippen molar-refractivity contribution >= 4 is 17.5 Å². The quantitative estimate of drug-likeness (QED) is 0.446. The van der Waals surface area contributed by atoms with Gasteiger partial charge in [-0.15, -0.1) is 0 Å². The van der Waals surface area contributed by atoms with E-state index in [0.717, 1.165) is 32.1 Å². The third kappa shape index (κ3) is 3.58. The van der Waals surface area contributed by atoms with Gasteiger partial charge < -0.3 is 10.1 Å². The summed E-state index contributed by atoms with van der Waals surface area (Å²) in [6.07, 6.45) is 10.9. The van der Waals surface area contributed by atoms with Crippen LogP contribution >= 0.6 is 0 Å². The normalized spacial score (nSPS) is 47.1. The van der Waals surface area contributed by atoms with E-state index in [-0.39, 0.29) is 56.9 Å². The van der Waals surface area contributed by atoms with Crippen molar-refractivity contribution in [2.24, 2.45) is 56.2 Å². The molecule has 9 unspecified atom stereocenters. The lowest BCUT2D eigenvalue weighted by Crippen LogP contribution is -2.66. The van der Waals surface area contributed by atoms with Gasteiger partial charge in [0.15, 0.2) is 11.6 Å². The van der Waals surface area contributed by atoms with Crippen molar-refractivity contribution in [3.05, 3.63) is 23.8 Å². The fourth-order valence-electron chi connectivity index (χ4n) is 10.4. The Morgan fingerprint density at radius 1 is 1.05 bits per heavy atom. The molecule has 0 saturated heterocycles. The SMILES string of the molecule is COCCNC(=O)C1(C)CCC2(C)CCC3(C)C(C(=O)C=C4C5(C)C=CC(=O)C(C)(C)C5CCC43C)C2C1C#N. The average Bonchev–Trinajstić information content (AvgIpc) is 2.89. The summed E-state index contributed by atoms with van der Waals surface area (Å²) in [7, 11) is 1.60. The van der Waals surface area contributed by atoms with Crippen LogP contribution in [0.3, 0.4) is 0 Å². The summed E-state index contributed by atoms with van der Waals surface area (Å²) in [6, 6.07) is 2.60. The van der Waals surface area contributed by atoms with Crippen molar-refractivity contribution < 1.29 is 19.1 Å². The number of ether oxygens (including phenoxy) is 1. The first-order chi connectivity index (χ1) is 18.6. The van der Waals surface area contributed by atoms with Gasteiger partial charge in [-0.3, -0.25) is 14.4 Å². The largest absolute Gasteiger partial charge is 0.383 e. The Kier molecular flexibility index (Phi) is 6.67. The van der Waals surface area contributed by atoms with Gasteiger partial charge in [-0.1, -0.05) is 53.2 Å². The second-order valence-corrected chi connectivity index (χ2v) is 15.4. The molecule has 40 heavy (non-hydrogen) atoms. The Morgan fingerprint density at radius 3 is 2.38 bits per heavy atom. The summed E-state index contributed by atoms with van der Waals surface area (Å²) in [5.41, 5.74) is -1.30. The highest BCUT2D eigenvalue weighted by atomic mass is 16.5. The Balaban J connectivity index is 1.62. The summed E-state index contributed by atoms with van der Waals surface area (Å²) < 4.78 is 5.14. The number of nitriles is 1. The van der Waals surface area contributed by atoms with Gasteiger partial charge >= 0.3 is 0 Å². The van der Waals surface area contributed by atoms with E-state index >= 15 is 0 Å². The smallest absolute Gasteiger partial charge is 0.227 e. The molecule has 0 aromatic heterocycles. The number of allylic oxidation sites excluding steroid dienone is 4. The van der Waals surface area contributed by atoms with Gasteiger partial charge in [-0.25, -0.2) is 0 Å². The molecule has 0 heterocycles. The fourth-order valence-corrected chi connectivity index (χ4v) is 10.4. The van der Waals surface area contributed by atoms with E-state index in [1.165, 1.54) is 5.57 Å². The standard InChI is InChI=1S/C34H48N2O4/c1-29(2)23-9-12-33(6)24(32(23,5)11-10-25(29)38)19-22(37)27-26-21(20-35)31(4,28(39)36-17-18-40-8)15-13-30(26,3)14-16-34(27,33)7/h10-11,19,21,23,26-27H,9,12-18H2,1-8H3,(H,36,39). The number of nitrogens with zero attached hydrogens (tertiary/aromatic N) is 1. The van der Waals surface area contributed by atoms with Crippen molar-refractivity contribution in [1.82, 2.24) is 5.32 Å². The van der Waals surface area contributed by atoms with Crippen molar-refractivity contribution in [2.75, 3.05) is 20.3 Å². The Morgan fingerprint density at radius 2 is 1.73 bits per heavy atom. The van der Waals surface area contributed by atoms with Crippen LogP contribution in [0.25, 0.3) is 0 Å². The highest BCUT2D eigenvalue weighted by Crippen LogP contribution is 2.74. The van der Waals surface area contributed by atoms with Gasteiger partial charge in [0.2, 0.25) is 5.91 Å². The lowest BCUT2D eigenvalue weighted by Gasteiger charge is -2.69. The van der Waals surface area contributed by atoms with Crippen LogP contribution in [-0.4, -0.2) is 37.7 Å². The third-order valence-corrected chi connectivity index (χ3v) is 13.3. The number of hydrogen-bond donors (Lipinski definition) is 1. The number of nitrogens with one attached hydrogen (secondary N) is 1. The summed E-state index contributed by atoms with van der Waals surface area (Å²) >= 11 is 0. The minimum absolute atomic E-state index is 0.108. The molecule has 0 radical (unpaired) electrons. The van der Waals surface area contributed by atoms with Crippen LogP contribution in [0, 0.1) is 67.5 Å². The lowest BCUT2D eigenvalue weighted by atomic mass is 9.33. The van der Waals surface area contributed by atoms with E-state index in [1.54, 1.807) is 13.2 Å². The number of methoxy groups -OCH3 is 1. The number of carbonyl (C=O) groups excluding carboxylic acids is 3. The van der Waals surface area contributed by atoms with Crippen molar-refractivity contribution in [3.8, 4) is 6.07 Å². The first-order valence-corrected chi connectivity index (χ1v) is 15.2. The molecule has 1 N–H and O–H groups in total. The van der Waals surface area contributed by atoms with Crippen LogP contribution in [0.4, 0.5) is 0 Å². The molecule has 0 bridgehead atoms. The lowest BCUT2D eigenvalue weighted by molar-refractivity contribution is -0.181. The molecule has 6 heteroatoms. The van der Waals surface area contributed by atoms with Crippen molar-refractivity contribution in [3.63, 3.8) is 0 Å². The molecule has 9 atom stereocenters. The molecule has 5 aliphatic rings. The molecule has 5 rings (SSSR count). The minimum atomic E-state index is -0.865. The van der Waals surface area contributed by atoms with Gasteiger partial charge in [0.05, 0.1) is 24.0 Å². The Labute approximate surface area is 240 Å². The van der Waals surface area contributed by atoms with Crippen LogP contribution in [0.1, 0.15) is 87.0 Å². The minimum Gasteiger partial charge on any atom is -0.383 e. The molecule has 5 aliphatic carbocycles. The maximum Gasteiger partial charge on any atom is 0.227 e. The van der Waals surface area contributed by atoms with Gasteiger partial charge in [0, 0.05) is 30.4 Å². The summed E-state index contributed by atoms with van der Waals surface area (Å²) in [5, 5.41) is 13.7. The molecule has 218 valence electrons. The van der Waals surface area contributed by atoms with Gasteiger partial charge in [0.1, 0.15) is 0 Å². The second kappa shape index (κ2) is 9.12. The van der Waals surface area contributed by atoms with E-state index in [0.29, 0.717) is 19.6 Å². The molecule has 3 fully saturated rings. The molecule has 6 nitrogen and oxygen atoms in total. The third-order valence-electron chi connectivity index (χ3n) is 13.3. The highest BCUT2D eigenvalue weighted by Gasteiger charge is 2.71. The zero-order chi connectivity index (χ0) is 29.5. The number of carbonyl (C=O) groups is 3. The van der Waals surface area contributed by atoms with Gasteiger partial charge in [-0.05, 0) is 85.7 Å². The predicted octanol–water partition coefficient (Wildman–Crippen LogP) is 5.82. The number of fused-ring (bicyclic) bond motifs is 7. The van der Waals surface area contributed by atoms with Crippen LogP contribution in [-0.2, 0) is 19.1 Å². The molecule has 0 aromatic carbocycles. The maximum absolute atomic E-state index is 14.5. The topological polar surface area (TPSA) is 96.3 Å². The van der Waals surface area contributed by atoms with E-state index < -0.39 is 16.7 Å². The van der Waals surface area contributed by atoms with E-state index in [4.69, 9.17) is 4.74 Å². The van der Waals surface area contributed by atoms with Crippen LogP contribution in [0.5, 0.6) is 0 Å². The van der Waals surface area contributed by atoms with Crippen LogP contribution < -0.4 is 5.32 Å². The zero-order valence-electron chi connectivity index (χ0n) is 25.8. The van der Waals surface area contributed by atoms with Crippen LogP contribution in [0.15, 0.2) is 23.8 Å². The Hall–Kier alpha value is -2.26. The second-order valence-electron chi connectivity index (χ2n) is 15.4. The summed E-state index contributed by atoms with van der Waals surface area (Å²) in [6.45, 7) is 16.0. The number of amides is 1. The van der Waals surface area contributed by atoms with E-state index in [1.807, 2.05) is 13.0 Å².